The van der Waals surface area contributed by atoms with Crippen molar-refractivity contribution >= 4 is 33.1 Å². The smallest absolute Gasteiger partial charge is 0.276 e. The molecule has 23 heavy (non-hydrogen) atoms. The van der Waals surface area contributed by atoms with Crippen LogP contribution in [0.4, 0.5) is 5.82 Å². The van der Waals surface area contributed by atoms with Gasteiger partial charge in [0.15, 0.2) is 0 Å². The van der Waals surface area contributed by atoms with Crippen LogP contribution >= 0.6 is 11.3 Å². The van der Waals surface area contributed by atoms with Gasteiger partial charge in [-0.15, -0.1) is 11.3 Å². The van der Waals surface area contributed by atoms with Gasteiger partial charge in [-0.05, 0) is 22.9 Å². The molecular weight excluding hydrogens is 314 g/mol. The Balaban J connectivity index is 2.02. The van der Waals surface area contributed by atoms with Gasteiger partial charge in [-0.1, -0.05) is 5.10 Å². The van der Waals surface area contributed by atoms with Crippen molar-refractivity contribution in [2.45, 2.75) is 19.9 Å². The Morgan fingerprint density at radius 3 is 3.09 bits per heavy atom. The lowest BCUT2D eigenvalue weighted by molar-refractivity contribution is -0.895. The number of aliphatic hydroxyl groups is 1. The number of hydrogen-bond acceptors (Lipinski definition) is 7. The predicted molar refractivity (Wildman–Crippen MR) is 88.1 cm³/mol. The average molecular weight is 334 g/mol. The fourth-order valence-electron chi connectivity index (χ4n) is 3.28. The topological polar surface area (TPSA) is 83.9 Å². The maximum Gasteiger partial charge on any atom is 0.276 e. The molecule has 0 spiro atoms. The van der Waals surface area contributed by atoms with Crippen LogP contribution in [0.1, 0.15) is 17.4 Å². The van der Waals surface area contributed by atoms with Gasteiger partial charge in [0.2, 0.25) is 0 Å². The lowest BCUT2D eigenvalue weighted by Gasteiger charge is -2.23. The van der Waals surface area contributed by atoms with Gasteiger partial charge in [0, 0.05) is 19.5 Å². The van der Waals surface area contributed by atoms with Crippen molar-refractivity contribution in [3.8, 4) is 0 Å². The van der Waals surface area contributed by atoms with E-state index in [0.717, 1.165) is 42.1 Å². The van der Waals surface area contributed by atoms with Gasteiger partial charge in [0.25, 0.3) is 5.78 Å². The van der Waals surface area contributed by atoms with Crippen LogP contribution in [0.25, 0.3) is 16.0 Å². The van der Waals surface area contributed by atoms with E-state index >= 15 is 0 Å². The zero-order chi connectivity index (χ0) is 16.0. The summed E-state index contributed by atoms with van der Waals surface area (Å²) < 4.78 is 1.74. The number of likely N-dealkylation sites (N-methyl/N-ethyl adjacent to an activating group) is 2. The van der Waals surface area contributed by atoms with E-state index in [1.807, 2.05) is 0 Å². The minimum atomic E-state index is 0.104. The fraction of sp³-hybridized carbons (Fsp3) is 0.571. The largest absolute Gasteiger partial charge is 0.395 e. The van der Waals surface area contributed by atoms with Crippen LogP contribution in [0.5, 0.6) is 0 Å². The quantitative estimate of drug-likeness (QED) is 0.645. The highest BCUT2D eigenvalue weighted by molar-refractivity contribution is 7.19. The van der Waals surface area contributed by atoms with Crippen molar-refractivity contribution in [2.24, 2.45) is 0 Å². The Hall–Kier alpha value is -1.84. The molecule has 3 aromatic rings. The minimum absolute atomic E-state index is 0.104. The minimum Gasteiger partial charge on any atom is -0.395 e. The molecule has 0 radical (unpaired) electrons. The number of fused-ring (bicyclic) bond motifs is 5. The van der Waals surface area contributed by atoms with Gasteiger partial charge >= 0.3 is 0 Å². The summed E-state index contributed by atoms with van der Waals surface area (Å²) in [5.74, 6) is 1.42. The molecule has 1 unspecified atom stereocenters. The molecule has 0 aromatic carbocycles. The summed E-state index contributed by atoms with van der Waals surface area (Å²) in [7, 11) is 2.23. The van der Waals surface area contributed by atoms with Crippen LogP contribution in [-0.4, -0.2) is 63.4 Å². The second-order valence-corrected chi connectivity index (χ2v) is 7.03. The lowest BCUT2D eigenvalue weighted by Crippen LogP contribution is -3.08. The number of aromatic nitrogens is 5. The number of anilines is 1. The summed E-state index contributed by atoms with van der Waals surface area (Å²) in [4.78, 5) is 10.8. The van der Waals surface area contributed by atoms with Gasteiger partial charge in [-0.2, -0.15) is 9.50 Å². The summed E-state index contributed by atoms with van der Waals surface area (Å²) in [5, 5.41) is 22.5. The number of quaternary nitrogens is 1. The number of tetrazole rings is 1. The molecule has 1 aliphatic rings. The van der Waals surface area contributed by atoms with E-state index in [2.05, 4.69) is 34.4 Å². The van der Waals surface area contributed by atoms with Gasteiger partial charge < -0.3 is 14.9 Å². The molecule has 0 saturated heterocycles. The van der Waals surface area contributed by atoms with Crippen molar-refractivity contribution in [1.82, 2.24) is 25.0 Å². The highest BCUT2D eigenvalue weighted by Crippen LogP contribution is 2.37. The predicted octanol–water partition coefficient (Wildman–Crippen LogP) is -0.877. The number of nitrogens with one attached hydrogen (secondary N) is 1. The van der Waals surface area contributed by atoms with Crippen LogP contribution in [0.3, 0.4) is 0 Å². The van der Waals surface area contributed by atoms with Crippen LogP contribution in [-0.2, 0) is 13.0 Å². The Labute approximate surface area is 137 Å². The Kier molecular flexibility index (Phi) is 3.63. The molecule has 122 valence electrons. The molecule has 4 rings (SSSR count). The van der Waals surface area contributed by atoms with Gasteiger partial charge in [0.1, 0.15) is 17.2 Å². The van der Waals surface area contributed by atoms with Crippen LogP contribution in [0.15, 0.2) is 0 Å². The summed E-state index contributed by atoms with van der Waals surface area (Å²) in [6.07, 6.45) is 1.04. The van der Waals surface area contributed by atoms with E-state index < -0.39 is 0 Å². The average Bonchev–Trinajstić information content (AvgIpc) is 3.14. The standard InChI is InChI=1S/C14H19N7OS/c1-3-20(6-7-22)12-11-9-4-5-19(2)8-10(9)23-13(11)21-14(15-12)16-17-18-21/h22H,3-8H2,1-2H3/p+1. The molecule has 0 aliphatic carbocycles. The van der Waals surface area contributed by atoms with Gasteiger partial charge in [-0.25, -0.2) is 0 Å². The zero-order valence-electron chi connectivity index (χ0n) is 13.3. The Morgan fingerprint density at radius 2 is 2.30 bits per heavy atom. The fourth-order valence-corrected chi connectivity index (χ4v) is 4.68. The highest BCUT2D eigenvalue weighted by atomic mass is 32.1. The monoisotopic (exact) mass is 334 g/mol. The number of rotatable bonds is 4. The van der Waals surface area contributed by atoms with Crippen molar-refractivity contribution in [2.75, 3.05) is 38.2 Å². The van der Waals surface area contributed by atoms with Crippen molar-refractivity contribution in [3.63, 3.8) is 0 Å². The van der Waals surface area contributed by atoms with E-state index in [4.69, 9.17) is 4.98 Å². The second-order valence-electron chi connectivity index (χ2n) is 5.95. The van der Waals surface area contributed by atoms with Crippen LogP contribution in [0, 0.1) is 0 Å². The molecule has 3 aromatic heterocycles. The SMILES string of the molecule is CCN(CCO)c1nc2nnnn2c2sc3c(c12)CC[NH+](C)C3. The Bertz CT molecular complexity index is 858. The third-order valence-electron chi connectivity index (χ3n) is 4.46. The first-order chi connectivity index (χ1) is 11.2. The van der Waals surface area contributed by atoms with Crippen LogP contribution < -0.4 is 9.80 Å². The van der Waals surface area contributed by atoms with Crippen LogP contribution in [0.2, 0.25) is 0 Å². The third kappa shape index (κ3) is 2.27. The molecule has 2 N–H and O–H groups in total. The number of thiophene rings is 1. The third-order valence-corrected chi connectivity index (χ3v) is 5.67. The number of aliphatic hydroxyl groups excluding tert-OH is 1. The molecule has 4 heterocycles. The Morgan fingerprint density at radius 1 is 1.43 bits per heavy atom. The maximum atomic E-state index is 9.38. The van der Waals surface area contributed by atoms with Crippen molar-refractivity contribution < 1.29 is 10.0 Å². The molecule has 0 saturated carbocycles. The molecule has 0 amide bonds. The molecule has 1 aliphatic heterocycles. The molecule has 9 heteroatoms. The molecule has 0 bridgehead atoms. The molecule has 0 fully saturated rings. The summed E-state index contributed by atoms with van der Waals surface area (Å²) >= 11 is 1.77. The van der Waals surface area contributed by atoms with E-state index in [1.165, 1.54) is 15.3 Å². The van der Waals surface area contributed by atoms with Crippen molar-refractivity contribution in [1.29, 1.82) is 0 Å². The molecule has 1 atom stereocenters. The first-order valence-corrected chi connectivity index (χ1v) is 8.74. The second kappa shape index (κ2) is 5.66. The van der Waals surface area contributed by atoms with E-state index in [0.29, 0.717) is 12.3 Å². The summed E-state index contributed by atoms with van der Waals surface area (Å²) in [6, 6.07) is 0. The molecule has 8 nitrogen and oxygen atoms in total. The zero-order valence-corrected chi connectivity index (χ0v) is 14.1. The first kappa shape index (κ1) is 14.7. The molecular formula is C14H20N7OS+. The summed E-state index contributed by atoms with van der Waals surface area (Å²) in [5.41, 5.74) is 1.38. The normalized spacial score (nSPS) is 17.8. The van der Waals surface area contributed by atoms with Gasteiger partial charge in [-0.3, -0.25) is 0 Å². The van der Waals surface area contributed by atoms with E-state index in [-0.39, 0.29) is 6.61 Å². The number of nitrogens with zero attached hydrogens (tertiary/aromatic N) is 6. The number of hydrogen-bond donors (Lipinski definition) is 2. The van der Waals surface area contributed by atoms with Crippen molar-refractivity contribution in [3.05, 3.63) is 10.4 Å². The van der Waals surface area contributed by atoms with E-state index in [1.54, 1.807) is 15.9 Å². The maximum absolute atomic E-state index is 9.38. The van der Waals surface area contributed by atoms with Gasteiger partial charge in [0.05, 0.1) is 30.5 Å². The highest BCUT2D eigenvalue weighted by Gasteiger charge is 2.27. The summed E-state index contributed by atoms with van der Waals surface area (Å²) in [6.45, 7) is 5.68. The lowest BCUT2D eigenvalue weighted by atomic mass is 10.1. The first-order valence-electron chi connectivity index (χ1n) is 7.92. The van der Waals surface area contributed by atoms with E-state index in [9.17, 15) is 5.11 Å².